The number of hydrogen-bond donors (Lipinski definition) is 2. The summed E-state index contributed by atoms with van der Waals surface area (Å²) in [7, 11) is 0. The average Bonchev–Trinajstić information content (AvgIpc) is 2.11. The van der Waals surface area contributed by atoms with Crippen LogP contribution in [0, 0.1) is 5.41 Å². The van der Waals surface area contributed by atoms with Crippen LogP contribution in [0.2, 0.25) is 0 Å². The van der Waals surface area contributed by atoms with Gasteiger partial charge in [0.05, 0.1) is 0 Å². The highest BCUT2D eigenvalue weighted by molar-refractivity contribution is 5.76. The molecule has 1 amide bonds. The number of amides is 1. The van der Waals surface area contributed by atoms with Gasteiger partial charge in [-0.25, -0.2) is 0 Å². The Hall–Kier alpha value is -0.570. The van der Waals surface area contributed by atoms with Gasteiger partial charge >= 0.3 is 0 Å². The third-order valence-corrected chi connectivity index (χ3v) is 2.52. The van der Waals surface area contributed by atoms with Crippen molar-refractivity contribution < 1.29 is 4.79 Å². The van der Waals surface area contributed by atoms with Crippen LogP contribution in [0.4, 0.5) is 0 Å². The second-order valence-corrected chi connectivity index (χ2v) is 7.32. The number of carbonyl (C=O) groups excluding carboxylic acids is 1. The maximum Gasteiger partial charge on any atom is 0.220 e. The van der Waals surface area contributed by atoms with E-state index in [1.54, 1.807) is 0 Å². The Morgan fingerprint density at radius 1 is 0.889 bits per heavy atom. The zero-order valence-corrected chi connectivity index (χ0v) is 13.2. The van der Waals surface area contributed by atoms with Gasteiger partial charge < -0.3 is 10.6 Å². The van der Waals surface area contributed by atoms with Gasteiger partial charge in [-0.15, -0.1) is 0 Å². The third kappa shape index (κ3) is 13.5. The van der Waals surface area contributed by atoms with E-state index in [0.717, 1.165) is 19.5 Å². The predicted molar refractivity (Wildman–Crippen MR) is 78.7 cm³/mol. The number of hydrogen-bond acceptors (Lipinski definition) is 2. The van der Waals surface area contributed by atoms with Crippen molar-refractivity contribution >= 4 is 5.91 Å². The van der Waals surface area contributed by atoms with Crippen molar-refractivity contribution in [2.45, 2.75) is 72.8 Å². The van der Waals surface area contributed by atoms with E-state index in [1.165, 1.54) is 12.8 Å². The molecule has 0 saturated heterocycles. The molecular weight excluding hydrogens is 224 g/mol. The fourth-order valence-corrected chi connectivity index (χ4v) is 1.66. The van der Waals surface area contributed by atoms with Gasteiger partial charge in [0, 0.05) is 18.5 Å². The number of nitrogens with one attached hydrogen (secondary N) is 2. The van der Waals surface area contributed by atoms with Crippen LogP contribution in [0.15, 0.2) is 0 Å². The summed E-state index contributed by atoms with van der Waals surface area (Å²) in [5, 5.41) is 6.45. The Labute approximate surface area is 113 Å². The minimum absolute atomic E-state index is 0.0840. The molecule has 18 heavy (non-hydrogen) atoms. The second-order valence-electron chi connectivity index (χ2n) is 7.32. The van der Waals surface area contributed by atoms with E-state index < -0.39 is 0 Å². The molecule has 0 aromatic heterocycles. The first-order chi connectivity index (χ1) is 8.10. The number of carbonyl (C=O) groups is 1. The maximum absolute atomic E-state index is 11.6. The van der Waals surface area contributed by atoms with Crippen molar-refractivity contribution in [1.82, 2.24) is 10.6 Å². The summed E-state index contributed by atoms with van der Waals surface area (Å²) in [4.78, 5) is 11.6. The number of unbranched alkanes of at least 4 members (excludes halogenated alkanes) is 2. The number of rotatable bonds is 7. The predicted octanol–water partition coefficient (Wildman–Crippen LogP) is 3.10. The van der Waals surface area contributed by atoms with Gasteiger partial charge in [-0.05, 0) is 45.6 Å². The zero-order valence-electron chi connectivity index (χ0n) is 13.2. The third-order valence-electron chi connectivity index (χ3n) is 2.52. The molecule has 0 atom stereocenters. The van der Waals surface area contributed by atoms with E-state index in [4.69, 9.17) is 0 Å². The molecule has 0 spiro atoms. The quantitative estimate of drug-likeness (QED) is 0.687. The Kier molecular flexibility index (Phi) is 7.53. The van der Waals surface area contributed by atoms with E-state index in [-0.39, 0.29) is 16.9 Å². The van der Waals surface area contributed by atoms with Gasteiger partial charge in [0.25, 0.3) is 0 Å². The monoisotopic (exact) mass is 256 g/mol. The molecule has 0 saturated carbocycles. The van der Waals surface area contributed by atoms with Gasteiger partial charge in [-0.1, -0.05) is 27.2 Å². The highest BCUT2D eigenvalue weighted by Crippen LogP contribution is 2.17. The molecule has 0 aromatic carbocycles. The summed E-state index contributed by atoms with van der Waals surface area (Å²) >= 11 is 0. The zero-order chi connectivity index (χ0) is 14.2. The highest BCUT2D eigenvalue weighted by atomic mass is 16.1. The van der Waals surface area contributed by atoms with Crippen LogP contribution in [0.1, 0.15) is 67.2 Å². The van der Waals surface area contributed by atoms with E-state index in [9.17, 15) is 4.79 Å². The van der Waals surface area contributed by atoms with Crippen molar-refractivity contribution in [3.8, 4) is 0 Å². The Bertz CT molecular complexity index is 236. The van der Waals surface area contributed by atoms with Gasteiger partial charge in [0.1, 0.15) is 0 Å². The molecule has 0 rings (SSSR count). The largest absolute Gasteiger partial charge is 0.356 e. The molecule has 3 nitrogen and oxygen atoms in total. The van der Waals surface area contributed by atoms with Crippen molar-refractivity contribution in [2.24, 2.45) is 5.41 Å². The van der Waals surface area contributed by atoms with E-state index >= 15 is 0 Å². The molecule has 0 unspecified atom stereocenters. The molecule has 2 N–H and O–H groups in total. The average molecular weight is 256 g/mol. The minimum Gasteiger partial charge on any atom is -0.356 e. The summed E-state index contributed by atoms with van der Waals surface area (Å²) < 4.78 is 0. The Balaban J connectivity index is 3.39. The summed E-state index contributed by atoms with van der Waals surface area (Å²) in [6.07, 6.45) is 4.02. The van der Waals surface area contributed by atoms with Crippen LogP contribution in [0.5, 0.6) is 0 Å². The van der Waals surface area contributed by atoms with Crippen molar-refractivity contribution in [2.75, 3.05) is 13.1 Å². The lowest BCUT2D eigenvalue weighted by Gasteiger charge is -2.20. The maximum atomic E-state index is 11.6. The SMILES string of the molecule is CC(C)(C)CC(=O)NCCCCCNC(C)(C)C. The van der Waals surface area contributed by atoms with Crippen LogP contribution < -0.4 is 10.6 Å². The van der Waals surface area contributed by atoms with Gasteiger partial charge in [0.15, 0.2) is 0 Å². The smallest absolute Gasteiger partial charge is 0.220 e. The first-order valence-electron chi connectivity index (χ1n) is 7.12. The first-order valence-corrected chi connectivity index (χ1v) is 7.12. The van der Waals surface area contributed by atoms with Gasteiger partial charge in [-0.2, -0.15) is 0 Å². The molecule has 0 aliphatic heterocycles. The molecule has 0 fully saturated rings. The molecular formula is C15H32N2O. The van der Waals surface area contributed by atoms with Crippen LogP contribution in [0.3, 0.4) is 0 Å². The second kappa shape index (κ2) is 7.78. The van der Waals surface area contributed by atoms with Crippen LogP contribution in [-0.2, 0) is 4.79 Å². The molecule has 3 heteroatoms. The molecule has 0 bridgehead atoms. The van der Waals surface area contributed by atoms with Crippen LogP contribution in [0.25, 0.3) is 0 Å². The van der Waals surface area contributed by atoms with Crippen LogP contribution >= 0.6 is 0 Å². The minimum atomic E-state index is 0.0840. The summed E-state index contributed by atoms with van der Waals surface area (Å²) in [6, 6.07) is 0. The standard InChI is InChI=1S/C15H32N2O/c1-14(2,3)12-13(18)16-10-8-7-9-11-17-15(4,5)6/h17H,7-12H2,1-6H3,(H,16,18). The van der Waals surface area contributed by atoms with Gasteiger partial charge in [-0.3, -0.25) is 4.79 Å². The van der Waals surface area contributed by atoms with E-state index in [0.29, 0.717) is 6.42 Å². The highest BCUT2D eigenvalue weighted by Gasteiger charge is 2.15. The molecule has 0 aliphatic rings. The summed E-state index contributed by atoms with van der Waals surface area (Å²) in [6.45, 7) is 14.7. The van der Waals surface area contributed by atoms with Crippen LogP contribution in [-0.4, -0.2) is 24.5 Å². The topological polar surface area (TPSA) is 41.1 Å². The molecule has 0 aliphatic carbocycles. The lowest BCUT2D eigenvalue weighted by atomic mass is 9.92. The fourth-order valence-electron chi connectivity index (χ4n) is 1.66. The summed E-state index contributed by atoms with van der Waals surface area (Å²) in [5.74, 6) is 0.176. The van der Waals surface area contributed by atoms with Crippen molar-refractivity contribution in [1.29, 1.82) is 0 Å². The first kappa shape index (κ1) is 17.4. The van der Waals surface area contributed by atoms with E-state index in [2.05, 4.69) is 52.2 Å². The summed E-state index contributed by atoms with van der Waals surface area (Å²) in [5.41, 5.74) is 0.293. The van der Waals surface area contributed by atoms with Crippen molar-refractivity contribution in [3.63, 3.8) is 0 Å². The van der Waals surface area contributed by atoms with E-state index in [1.807, 2.05) is 0 Å². The molecule has 0 radical (unpaired) electrons. The molecule has 108 valence electrons. The fraction of sp³-hybridized carbons (Fsp3) is 0.933. The Morgan fingerprint density at radius 2 is 1.44 bits per heavy atom. The van der Waals surface area contributed by atoms with Crippen molar-refractivity contribution in [3.05, 3.63) is 0 Å². The molecule has 0 aromatic rings. The molecule has 0 heterocycles. The lowest BCUT2D eigenvalue weighted by molar-refractivity contribution is -0.122. The van der Waals surface area contributed by atoms with Gasteiger partial charge in [0.2, 0.25) is 5.91 Å². The normalized spacial score (nSPS) is 12.6. The Morgan fingerprint density at radius 3 is 1.94 bits per heavy atom. The lowest BCUT2D eigenvalue weighted by Crippen LogP contribution is -2.36.